The fraction of sp³-hybridized carbons (Fsp3) is 0.556. The molecule has 1 N–H and O–H groups in total. The van der Waals surface area contributed by atoms with Gasteiger partial charge >= 0.3 is 11.9 Å². The van der Waals surface area contributed by atoms with Crippen LogP contribution in [0.15, 0.2) is 23.1 Å². The fourth-order valence-electron chi connectivity index (χ4n) is 3.31. The van der Waals surface area contributed by atoms with Gasteiger partial charge in [0.2, 0.25) is 10.0 Å². The Hall–Kier alpha value is -1.97. The number of nitrogens with zero attached hydrogens (tertiary/aromatic N) is 1. The Morgan fingerprint density at radius 1 is 1.30 bits per heavy atom. The summed E-state index contributed by atoms with van der Waals surface area (Å²) in [5.74, 6) is -2.40. The number of piperidine rings is 1. The molecule has 1 aliphatic rings. The highest BCUT2D eigenvalue weighted by Crippen LogP contribution is 2.30. The molecule has 2 rings (SSSR count). The number of carboxylic acid groups (broad SMARTS) is 1. The number of carbonyl (C=O) groups excluding carboxylic acids is 1. The van der Waals surface area contributed by atoms with Gasteiger partial charge < -0.3 is 14.6 Å². The number of carboxylic acids is 1. The molecule has 1 aliphatic heterocycles. The SMILES string of the molecule is CCOC(=O)c1cc(COC)cc(S(=O)(=O)N2CCC[C@H](C(=O)O)[C@@H]2C)c1. The quantitative estimate of drug-likeness (QED) is 0.697. The molecule has 0 aromatic heterocycles. The van der Waals surface area contributed by atoms with Crippen molar-refractivity contribution < 1.29 is 32.6 Å². The van der Waals surface area contributed by atoms with E-state index < -0.39 is 33.9 Å². The van der Waals surface area contributed by atoms with E-state index >= 15 is 0 Å². The summed E-state index contributed by atoms with van der Waals surface area (Å²) in [6, 6.07) is 3.56. The number of aliphatic carboxylic acids is 1. The summed E-state index contributed by atoms with van der Waals surface area (Å²) < 4.78 is 37.6. The van der Waals surface area contributed by atoms with Crippen LogP contribution in [0.25, 0.3) is 0 Å². The summed E-state index contributed by atoms with van der Waals surface area (Å²) in [4.78, 5) is 23.5. The maximum Gasteiger partial charge on any atom is 0.338 e. The minimum absolute atomic E-state index is 0.0713. The average molecular weight is 399 g/mol. The van der Waals surface area contributed by atoms with Gasteiger partial charge in [-0.15, -0.1) is 0 Å². The van der Waals surface area contributed by atoms with E-state index in [1.807, 2.05) is 0 Å². The molecule has 0 bridgehead atoms. The van der Waals surface area contributed by atoms with E-state index in [1.54, 1.807) is 13.8 Å². The van der Waals surface area contributed by atoms with Crippen molar-refractivity contribution in [1.29, 1.82) is 0 Å². The van der Waals surface area contributed by atoms with Crippen molar-refractivity contribution in [2.24, 2.45) is 5.92 Å². The van der Waals surface area contributed by atoms with Crippen LogP contribution in [0.3, 0.4) is 0 Å². The minimum atomic E-state index is -3.98. The van der Waals surface area contributed by atoms with Gasteiger partial charge in [0, 0.05) is 19.7 Å². The van der Waals surface area contributed by atoms with Crippen LogP contribution in [0.2, 0.25) is 0 Å². The molecule has 9 heteroatoms. The third-order valence-electron chi connectivity index (χ3n) is 4.64. The molecule has 0 unspecified atom stereocenters. The molecule has 0 radical (unpaired) electrons. The van der Waals surface area contributed by atoms with Gasteiger partial charge in [0.25, 0.3) is 0 Å². The van der Waals surface area contributed by atoms with Crippen LogP contribution in [0.5, 0.6) is 0 Å². The fourth-order valence-corrected chi connectivity index (χ4v) is 5.11. The Morgan fingerprint density at radius 3 is 2.59 bits per heavy atom. The Kier molecular flexibility index (Phi) is 6.96. The van der Waals surface area contributed by atoms with Crippen LogP contribution < -0.4 is 0 Å². The monoisotopic (exact) mass is 399 g/mol. The minimum Gasteiger partial charge on any atom is -0.481 e. The average Bonchev–Trinajstić information content (AvgIpc) is 2.61. The van der Waals surface area contributed by atoms with E-state index in [-0.39, 0.29) is 30.2 Å². The lowest BCUT2D eigenvalue weighted by atomic mass is 9.92. The zero-order valence-electron chi connectivity index (χ0n) is 15.7. The zero-order valence-corrected chi connectivity index (χ0v) is 16.5. The first-order valence-electron chi connectivity index (χ1n) is 8.77. The highest BCUT2D eigenvalue weighted by molar-refractivity contribution is 7.89. The molecule has 1 heterocycles. The van der Waals surface area contributed by atoms with Crippen molar-refractivity contribution in [3.8, 4) is 0 Å². The maximum atomic E-state index is 13.2. The number of rotatable bonds is 7. The third kappa shape index (κ3) is 4.66. The molecule has 1 aromatic rings. The molecule has 0 aliphatic carbocycles. The first kappa shape index (κ1) is 21.3. The van der Waals surface area contributed by atoms with Crippen LogP contribution in [0.4, 0.5) is 0 Å². The number of methoxy groups -OCH3 is 1. The summed E-state index contributed by atoms with van der Waals surface area (Å²) in [6.07, 6.45) is 0.892. The first-order valence-corrected chi connectivity index (χ1v) is 10.2. The summed E-state index contributed by atoms with van der Waals surface area (Å²) in [5, 5.41) is 9.35. The topological polar surface area (TPSA) is 110 Å². The van der Waals surface area contributed by atoms with Gasteiger partial charge in [0.05, 0.1) is 29.6 Å². The molecule has 2 atom stereocenters. The van der Waals surface area contributed by atoms with Crippen molar-refractivity contribution in [2.45, 2.75) is 44.2 Å². The van der Waals surface area contributed by atoms with E-state index in [4.69, 9.17) is 9.47 Å². The summed E-state index contributed by atoms with van der Waals surface area (Å²) in [7, 11) is -2.52. The molecule has 0 spiro atoms. The number of ether oxygens (including phenoxy) is 2. The summed E-state index contributed by atoms with van der Waals surface area (Å²) in [6.45, 7) is 3.79. The van der Waals surface area contributed by atoms with Crippen molar-refractivity contribution in [2.75, 3.05) is 20.3 Å². The lowest BCUT2D eigenvalue weighted by Gasteiger charge is -2.36. The van der Waals surface area contributed by atoms with Gasteiger partial charge in [0.1, 0.15) is 0 Å². The van der Waals surface area contributed by atoms with Gasteiger partial charge in [-0.2, -0.15) is 4.31 Å². The second-order valence-electron chi connectivity index (χ2n) is 6.46. The van der Waals surface area contributed by atoms with Crippen LogP contribution in [-0.2, 0) is 30.9 Å². The smallest absolute Gasteiger partial charge is 0.338 e. The number of hydrogen-bond acceptors (Lipinski definition) is 6. The molecule has 1 saturated heterocycles. The lowest BCUT2D eigenvalue weighted by Crippen LogP contribution is -2.49. The predicted octanol–water partition coefficient (Wildman–Crippen LogP) is 1.88. The molecule has 27 heavy (non-hydrogen) atoms. The van der Waals surface area contributed by atoms with E-state index in [1.165, 1.54) is 29.6 Å². The standard InChI is InChI=1S/C18H25NO7S/c1-4-26-18(22)14-8-13(11-25-3)9-15(10-14)27(23,24)19-7-5-6-16(12(19)2)17(20)21/h8-10,12,16H,4-7,11H2,1-3H3,(H,20,21)/t12-,16-/m0/s1. The Bertz CT molecular complexity index is 806. The van der Waals surface area contributed by atoms with Gasteiger partial charge in [-0.1, -0.05) is 0 Å². The number of hydrogen-bond donors (Lipinski definition) is 1. The first-order chi connectivity index (χ1) is 12.7. The molecule has 0 saturated carbocycles. The number of esters is 1. The number of carbonyl (C=O) groups is 2. The lowest BCUT2D eigenvalue weighted by molar-refractivity contribution is -0.144. The Morgan fingerprint density at radius 2 is 2.00 bits per heavy atom. The summed E-state index contributed by atoms with van der Waals surface area (Å²) in [5.41, 5.74) is 0.630. The van der Waals surface area contributed by atoms with Crippen LogP contribution in [0, 0.1) is 5.92 Å². The van der Waals surface area contributed by atoms with Crippen LogP contribution in [0.1, 0.15) is 42.6 Å². The van der Waals surface area contributed by atoms with E-state index in [0.29, 0.717) is 18.4 Å². The Labute approximate surface area is 159 Å². The third-order valence-corrected chi connectivity index (χ3v) is 6.61. The van der Waals surface area contributed by atoms with E-state index in [0.717, 1.165) is 0 Å². The molecule has 1 fully saturated rings. The second kappa shape index (κ2) is 8.81. The molecular weight excluding hydrogens is 374 g/mol. The van der Waals surface area contributed by atoms with Crippen LogP contribution >= 0.6 is 0 Å². The molecular formula is C18H25NO7S. The van der Waals surface area contributed by atoms with Crippen LogP contribution in [-0.4, -0.2) is 56.1 Å². The zero-order chi connectivity index (χ0) is 20.2. The normalized spacial score (nSPS) is 21.0. The second-order valence-corrected chi connectivity index (χ2v) is 8.35. The Balaban J connectivity index is 2.47. The van der Waals surface area contributed by atoms with E-state index in [2.05, 4.69) is 0 Å². The molecule has 0 amide bonds. The predicted molar refractivity (Wildman–Crippen MR) is 96.8 cm³/mol. The van der Waals surface area contributed by atoms with Crippen molar-refractivity contribution in [1.82, 2.24) is 4.31 Å². The van der Waals surface area contributed by atoms with Gasteiger partial charge in [-0.3, -0.25) is 4.79 Å². The van der Waals surface area contributed by atoms with Crippen molar-refractivity contribution in [3.05, 3.63) is 29.3 Å². The highest BCUT2D eigenvalue weighted by Gasteiger charge is 2.39. The maximum absolute atomic E-state index is 13.2. The number of sulfonamides is 1. The molecule has 150 valence electrons. The number of benzene rings is 1. The highest BCUT2D eigenvalue weighted by atomic mass is 32.2. The summed E-state index contributed by atoms with van der Waals surface area (Å²) >= 11 is 0. The molecule has 1 aromatic carbocycles. The molecule has 8 nitrogen and oxygen atoms in total. The van der Waals surface area contributed by atoms with Crippen molar-refractivity contribution >= 4 is 22.0 Å². The largest absolute Gasteiger partial charge is 0.481 e. The van der Waals surface area contributed by atoms with Gasteiger partial charge in [-0.25, -0.2) is 13.2 Å². The van der Waals surface area contributed by atoms with Gasteiger partial charge in [0.15, 0.2) is 0 Å². The van der Waals surface area contributed by atoms with Crippen molar-refractivity contribution in [3.63, 3.8) is 0 Å². The van der Waals surface area contributed by atoms with Gasteiger partial charge in [-0.05, 0) is 50.5 Å². The van der Waals surface area contributed by atoms with E-state index in [9.17, 15) is 23.1 Å².